The molecule has 0 bridgehead atoms. The molecule has 11 heteroatoms. The lowest BCUT2D eigenvalue weighted by atomic mass is 10.1. The molecule has 0 spiro atoms. The highest BCUT2D eigenvalue weighted by atomic mass is 35.5. The smallest absolute Gasteiger partial charge is 0.417 e. The molecular weight excluding hydrogens is 451 g/mol. The molecule has 0 saturated carbocycles. The van der Waals surface area contributed by atoms with Crippen LogP contribution in [0.4, 0.5) is 13.2 Å². The Morgan fingerprint density at radius 3 is 2.53 bits per heavy atom. The van der Waals surface area contributed by atoms with Gasteiger partial charge in [-0.05, 0) is 37.3 Å². The van der Waals surface area contributed by atoms with Crippen LogP contribution in [0.1, 0.15) is 18.1 Å². The van der Waals surface area contributed by atoms with Crippen LogP contribution in [0.3, 0.4) is 0 Å². The maximum Gasteiger partial charge on any atom is 0.417 e. The van der Waals surface area contributed by atoms with Crippen molar-refractivity contribution in [2.45, 2.75) is 13.1 Å². The van der Waals surface area contributed by atoms with Gasteiger partial charge in [-0.3, -0.25) is 0 Å². The Hall–Kier alpha value is -3.66. The summed E-state index contributed by atoms with van der Waals surface area (Å²) in [5, 5.41) is -0.349. The van der Waals surface area contributed by atoms with E-state index in [4.69, 9.17) is 25.8 Å². The first-order valence-corrected chi connectivity index (χ1v) is 9.48. The third kappa shape index (κ3) is 6.17. The lowest BCUT2D eigenvalue weighted by molar-refractivity contribution is -0.138. The third-order valence-electron chi connectivity index (χ3n) is 3.76. The predicted molar refractivity (Wildman–Crippen MR) is 109 cm³/mol. The van der Waals surface area contributed by atoms with Gasteiger partial charge in [0.15, 0.2) is 0 Å². The predicted octanol–water partition coefficient (Wildman–Crippen LogP) is 5.70. The molecule has 1 aromatic carbocycles. The van der Waals surface area contributed by atoms with Crippen molar-refractivity contribution in [1.29, 1.82) is 0 Å². The molecule has 166 valence electrons. The highest BCUT2D eigenvalue weighted by Crippen LogP contribution is 2.37. The number of hydrogen-bond donors (Lipinski definition) is 0. The van der Waals surface area contributed by atoms with E-state index in [1.54, 1.807) is 25.1 Å². The molecule has 3 rings (SSSR count). The Morgan fingerprint density at radius 2 is 1.88 bits per heavy atom. The van der Waals surface area contributed by atoms with Gasteiger partial charge in [-0.25, -0.2) is 19.7 Å². The van der Waals surface area contributed by atoms with Crippen LogP contribution in [0.2, 0.25) is 5.02 Å². The summed E-state index contributed by atoms with van der Waals surface area (Å²) in [6.45, 7) is 1.86. The molecule has 0 fully saturated rings. The highest BCUT2D eigenvalue weighted by molar-refractivity contribution is 6.31. The highest BCUT2D eigenvalue weighted by Gasteiger charge is 2.32. The first-order valence-electron chi connectivity index (χ1n) is 9.10. The van der Waals surface area contributed by atoms with Gasteiger partial charge in [0.25, 0.3) is 0 Å². The number of carbonyl (C=O) groups excluding carboxylic acids is 1. The van der Waals surface area contributed by atoms with Crippen LogP contribution < -0.4 is 9.47 Å². The second-order valence-electron chi connectivity index (χ2n) is 6.03. The van der Waals surface area contributed by atoms with E-state index in [1.165, 1.54) is 30.6 Å². The van der Waals surface area contributed by atoms with Crippen LogP contribution in [-0.2, 0) is 15.7 Å². The van der Waals surface area contributed by atoms with Crippen molar-refractivity contribution in [3.8, 4) is 23.4 Å². The standard InChI is InChI=1S/C21H15ClF3N3O4/c1-2-30-18(29)7-5-13-4-6-15(31-20-26-8-3-9-27-20)11-17(13)32-19-16(22)10-14(12-28-19)21(23,24)25/h3-12H,2H2,1H3. The molecule has 32 heavy (non-hydrogen) atoms. The van der Waals surface area contributed by atoms with Crippen LogP contribution in [0.5, 0.6) is 23.4 Å². The van der Waals surface area contributed by atoms with Crippen molar-refractivity contribution in [3.63, 3.8) is 0 Å². The topological polar surface area (TPSA) is 83.4 Å². The van der Waals surface area contributed by atoms with E-state index in [2.05, 4.69) is 15.0 Å². The number of pyridine rings is 1. The number of alkyl halides is 3. The minimum Gasteiger partial charge on any atom is -0.463 e. The number of benzene rings is 1. The summed E-state index contributed by atoms with van der Waals surface area (Å²) in [5.41, 5.74) is -0.632. The zero-order valence-electron chi connectivity index (χ0n) is 16.5. The Kier molecular flexibility index (Phi) is 7.26. The minimum absolute atomic E-state index is 0.0685. The summed E-state index contributed by atoms with van der Waals surface area (Å²) < 4.78 is 54.6. The van der Waals surface area contributed by atoms with Crippen LogP contribution in [0, 0.1) is 0 Å². The van der Waals surface area contributed by atoms with Gasteiger partial charge < -0.3 is 14.2 Å². The fraction of sp³-hybridized carbons (Fsp3) is 0.143. The minimum atomic E-state index is -4.61. The second-order valence-corrected chi connectivity index (χ2v) is 6.44. The van der Waals surface area contributed by atoms with Gasteiger partial charge in [-0.1, -0.05) is 11.6 Å². The monoisotopic (exact) mass is 465 g/mol. The van der Waals surface area contributed by atoms with Crippen molar-refractivity contribution < 1.29 is 32.2 Å². The molecule has 0 amide bonds. The maximum absolute atomic E-state index is 12.9. The van der Waals surface area contributed by atoms with Gasteiger partial charge in [0, 0.05) is 36.3 Å². The van der Waals surface area contributed by atoms with Gasteiger partial charge in [-0.15, -0.1) is 0 Å². The van der Waals surface area contributed by atoms with E-state index in [0.717, 1.165) is 0 Å². The quantitative estimate of drug-likeness (QED) is 0.326. The van der Waals surface area contributed by atoms with Crippen LogP contribution in [-0.4, -0.2) is 27.5 Å². The number of nitrogens with zero attached hydrogens (tertiary/aromatic N) is 3. The van der Waals surface area contributed by atoms with Crippen molar-refractivity contribution in [2.75, 3.05) is 6.61 Å². The number of halogens is 4. The molecule has 0 aliphatic carbocycles. The molecule has 7 nitrogen and oxygen atoms in total. The molecule has 0 N–H and O–H groups in total. The molecule has 0 aliphatic heterocycles. The van der Waals surface area contributed by atoms with Gasteiger partial charge in [0.05, 0.1) is 12.2 Å². The first kappa shape index (κ1) is 23.0. The maximum atomic E-state index is 12.9. The van der Waals surface area contributed by atoms with Crippen LogP contribution in [0.15, 0.2) is 55.0 Å². The molecule has 0 saturated heterocycles. The summed E-state index contributed by atoms with van der Waals surface area (Å²) in [7, 11) is 0. The van der Waals surface area contributed by atoms with Crippen LogP contribution in [0.25, 0.3) is 6.08 Å². The largest absolute Gasteiger partial charge is 0.463 e. The number of ether oxygens (including phenoxy) is 3. The number of hydrogen-bond acceptors (Lipinski definition) is 7. The zero-order valence-corrected chi connectivity index (χ0v) is 17.2. The SMILES string of the molecule is CCOC(=O)C=Cc1ccc(Oc2ncccn2)cc1Oc1ncc(C(F)(F)F)cc1Cl. The average Bonchev–Trinajstić information content (AvgIpc) is 2.75. The van der Waals surface area contributed by atoms with Crippen molar-refractivity contribution in [2.24, 2.45) is 0 Å². The van der Waals surface area contributed by atoms with E-state index in [9.17, 15) is 18.0 Å². The lowest BCUT2D eigenvalue weighted by Gasteiger charge is -2.13. The van der Waals surface area contributed by atoms with E-state index in [1.807, 2.05) is 0 Å². The zero-order chi connectivity index (χ0) is 23.1. The van der Waals surface area contributed by atoms with Gasteiger partial charge >= 0.3 is 18.2 Å². The lowest BCUT2D eigenvalue weighted by Crippen LogP contribution is -2.06. The molecular formula is C21H15ClF3N3O4. The molecule has 0 atom stereocenters. The molecule has 3 aromatic rings. The van der Waals surface area contributed by atoms with Gasteiger partial charge in [0.1, 0.15) is 16.5 Å². The fourth-order valence-electron chi connectivity index (χ4n) is 2.36. The first-order chi connectivity index (χ1) is 15.3. The Labute approximate surface area is 185 Å². The second kappa shape index (κ2) is 10.1. The van der Waals surface area contributed by atoms with Crippen molar-refractivity contribution >= 4 is 23.6 Å². The number of rotatable bonds is 7. The molecule has 0 radical (unpaired) electrons. The average molecular weight is 466 g/mol. The number of esters is 1. The number of carbonyl (C=O) groups is 1. The van der Waals surface area contributed by atoms with E-state index < -0.39 is 17.7 Å². The summed E-state index contributed by atoms with van der Waals surface area (Å²) >= 11 is 5.95. The van der Waals surface area contributed by atoms with E-state index >= 15 is 0 Å². The van der Waals surface area contributed by atoms with Crippen molar-refractivity contribution in [1.82, 2.24) is 15.0 Å². The number of aromatic nitrogens is 3. The van der Waals surface area contributed by atoms with Gasteiger partial charge in [0.2, 0.25) is 5.88 Å². The molecule has 0 aliphatic rings. The third-order valence-corrected chi connectivity index (χ3v) is 4.03. The molecule has 0 unspecified atom stereocenters. The van der Waals surface area contributed by atoms with Crippen molar-refractivity contribution in [3.05, 3.63) is 71.1 Å². The Bertz CT molecular complexity index is 1130. The molecule has 2 heterocycles. The van der Waals surface area contributed by atoms with Crippen LogP contribution >= 0.6 is 11.6 Å². The normalized spacial score (nSPS) is 11.4. The summed E-state index contributed by atoms with van der Waals surface area (Å²) in [6.07, 6.45) is 1.56. The summed E-state index contributed by atoms with van der Waals surface area (Å²) in [5.74, 6) is -0.476. The fourth-order valence-corrected chi connectivity index (χ4v) is 2.56. The molecule has 2 aromatic heterocycles. The Morgan fingerprint density at radius 1 is 1.12 bits per heavy atom. The van der Waals surface area contributed by atoms with E-state index in [0.29, 0.717) is 17.8 Å². The Balaban J connectivity index is 1.94. The summed E-state index contributed by atoms with van der Waals surface area (Å²) in [6, 6.07) is 6.94. The van der Waals surface area contributed by atoms with E-state index in [-0.39, 0.29) is 35.0 Å². The van der Waals surface area contributed by atoms with Gasteiger partial charge in [-0.2, -0.15) is 13.2 Å². The summed E-state index contributed by atoms with van der Waals surface area (Å²) in [4.78, 5) is 23.2.